The number of hydrogen-bond acceptors (Lipinski definition) is 4. The Morgan fingerprint density at radius 3 is 2.86 bits per heavy atom. The lowest BCUT2D eigenvalue weighted by Gasteiger charge is -2.23. The highest BCUT2D eigenvalue weighted by atomic mass is 19.1. The molecule has 6 heteroatoms. The van der Waals surface area contributed by atoms with Crippen molar-refractivity contribution in [2.75, 3.05) is 18.6 Å². The molecule has 0 saturated carbocycles. The number of hydrogen-bond donors (Lipinski definition) is 1. The number of halogens is 1. The molecule has 1 amide bonds. The summed E-state index contributed by atoms with van der Waals surface area (Å²) in [7, 11) is 1.09. The van der Waals surface area contributed by atoms with E-state index in [0.29, 0.717) is 0 Å². The van der Waals surface area contributed by atoms with Gasteiger partial charge < -0.3 is 9.84 Å². The first-order valence-corrected chi connectivity index (χ1v) is 5.93. The summed E-state index contributed by atoms with van der Waals surface area (Å²) in [5.74, 6) is -0.230. The normalized spacial score (nSPS) is 19.9. The van der Waals surface area contributed by atoms with E-state index in [1.54, 1.807) is 0 Å². The van der Waals surface area contributed by atoms with Gasteiger partial charge >= 0.3 is 5.97 Å². The van der Waals surface area contributed by atoms with Gasteiger partial charge in [0.05, 0.1) is 24.9 Å². The standard InChI is InChI=1S/C15H12FNO4/c1-4-7-17-12-6-5-10(16)8-11(12)15(20,14(17)19)9(2)13(18)21-3/h1,5-6,8,20H,2,7H2,3H3. The number of aliphatic hydroxyl groups is 1. The molecule has 0 aliphatic carbocycles. The minimum Gasteiger partial charge on any atom is -0.466 e. The topological polar surface area (TPSA) is 66.8 Å². The molecule has 21 heavy (non-hydrogen) atoms. The van der Waals surface area contributed by atoms with E-state index in [2.05, 4.69) is 17.2 Å². The van der Waals surface area contributed by atoms with Crippen molar-refractivity contribution in [1.29, 1.82) is 0 Å². The summed E-state index contributed by atoms with van der Waals surface area (Å²) in [6.07, 6.45) is 5.19. The van der Waals surface area contributed by atoms with Gasteiger partial charge in [-0.25, -0.2) is 9.18 Å². The van der Waals surface area contributed by atoms with Crippen LogP contribution < -0.4 is 4.90 Å². The summed E-state index contributed by atoms with van der Waals surface area (Å²) in [5.41, 5.74) is -2.74. The van der Waals surface area contributed by atoms with Crippen molar-refractivity contribution >= 4 is 17.6 Å². The van der Waals surface area contributed by atoms with E-state index in [1.807, 2.05) is 0 Å². The molecule has 1 heterocycles. The van der Waals surface area contributed by atoms with Gasteiger partial charge in [0, 0.05) is 5.56 Å². The molecule has 5 nitrogen and oxygen atoms in total. The number of esters is 1. The summed E-state index contributed by atoms with van der Waals surface area (Å²) >= 11 is 0. The molecule has 0 spiro atoms. The Bertz CT molecular complexity index is 691. The van der Waals surface area contributed by atoms with Crippen molar-refractivity contribution in [1.82, 2.24) is 0 Å². The molecule has 1 aromatic rings. The molecule has 1 aliphatic rings. The van der Waals surface area contributed by atoms with Gasteiger partial charge in [0.2, 0.25) is 5.60 Å². The quantitative estimate of drug-likeness (QED) is 0.506. The first kappa shape index (κ1) is 14.8. The number of nitrogens with zero attached hydrogens (tertiary/aromatic N) is 1. The Morgan fingerprint density at radius 1 is 1.62 bits per heavy atom. The molecule has 0 aromatic heterocycles. The average molecular weight is 289 g/mol. The van der Waals surface area contributed by atoms with Crippen LogP contribution in [0.5, 0.6) is 0 Å². The molecule has 1 aromatic carbocycles. The summed E-state index contributed by atoms with van der Waals surface area (Å²) in [6, 6.07) is 3.41. The fourth-order valence-corrected chi connectivity index (χ4v) is 2.26. The third-order valence-corrected chi connectivity index (χ3v) is 3.31. The van der Waals surface area contributed by atoms with Crippen LogP contribution in [-0.4, -0.2) is 30.6 Å². The van der Waals surface area contributed by atoms with Crippen molar-refractivity contribution in [2.45, 2.75) is 5.60 Å². The molecule has 1 unspecified atom stereocenters. The highest BCUT2D eigenvalue weighted by Gasteiger charge is 2.54. The number of fused-ring (bicyclic) bond motifs is 1. The van der Waals surface area contributed by atoms with E-state index < -0.39 is 28.9 Å². The number of anilines is 1. The monoisotopic (exact) mass is 289 g/mol. The molecule has 0 saturated heterocycles. The second-order valence-electron chi connectivity index (χ2n) is 4.44. The predicted molar refractivity (Wildman–Crippen MR) is 72.6 cm³/mol. The second-order valence-corrected chi connectivity index (χ2v) is 4.44. The summed E-state index contributed by atoms with van der Waals surface area (Å²) in [6.45, 7) is 3.28. The third-order valence-electron chi connectivity index (χ3n) is 3.31. The molecule has 0 radical (unpaired) electrons. The highest BCUT2D eigenvalue weighted by Crippen LogP contribution is 2.44. The first-order chi connectivity index (χ1) is 9.87. The lowest BCUT2D eigenvalue weighted by molar-refractivity contribution is -0.144. The Balaban J connectivity index is 2.66. The zero-order valence-electron chi connectivity index (χ0n) is 11.2. The smallest absolute Gasteiger partial charge is 0.336 e. The fourth-order valence-electron chi connectivity index (χ4n) is 2.26. The Labute approximate surface area is 120 Å². The maximum atomic E-state index is 13.5. The number of methoxy groups -OCH3 is 1. The van der Waals surface area contributed by atoms with E-state index in [-0.39, 0.29) is 17.8 Å². The van der Waals surface area contributed by atoms with Gasteiger partial charge in [-0.15, -0.1) is 6.42 Å². The number of benzene rings is 1. The zero-order chi connectivity index (χ0) is 15.8. The largest absolute Gasteiger partial charge is 0.466 e. The summed E-state index contributed by atoms with van der Waals surface area (Å²) in [5, 5.41) is 10.7. The van der Waals surface area contributed by atoms with Crippen molar-refractivity contribution in [3.63, 3.8) is 0 Å². The molecule has 1 aliphatic heterocycles. The number of carbonyl (C=O) groups is 2. The molecule has 0 fully saturated rings. The van der Waals surface area contributed by atoms with Gasteiger partial charge in [-0.1, -0.05) is 12.5 Å². The maximum Gasteiger partial charge on any atom is 0.336 e. The van der Waals surface area contributed by atoms with Crippen LogP contribution in [0.25, 0.3) is 0 Å². The maximum absolute atomic E-state index is 13.5. The lowest BCUT2D eigenvalue weighted by atomic mass is 9.88. The van der Waals surface area contributed by atoms with Gasteiger partial charge in [-0.3, -0.25) is 9.69 Å². The second kappa shape index (κ2) is 5.04. The number of amides is 1. The number of ether oxygens (including phenoxy) is 1. The van der Waals surface area contributed by atoms with Crippen LogP contribution in [0.2, 0.25) is 0 Å². The van der Waals surface area contributed by atoms with Crippen molar-refractivity contribution in [2.24, 2.45) is 0 Å². The average Bonchev–Trinajstić information content (AvgIpc) is 2.69. The van der Waals surface area contributed by atoms with E-state index >= 15 is 0 Å². The first-order valence-electron chi connectivity index (χ1n) is 5.93. The van der Waals surface area contributed by atoms with Crippen LogP contribution in [0, 0.1) is 18.2 Å². The van der Waals surface area contributed by atoms with Gasteiger partial charge in [0.1, 0.15) is 5.82 Å². The van der Waals surface area contributed by atoms with Gasteiger partial charge in [0.15, 0.2) is 0 Å². The minimum absolute atomic E-state index is 0.0850. The Morgan fingerprint density at radius 2 is 2.29 bits per heavy atom. The Kier molecular flexibility index (Phi) is 3.54. The van der Waals surface area contributed by atoms with Crippen LogP contribution in [-0.2, 0) is 19.9 Å². The molecular formula is C15H12FNO4. The van der Waals surface area contributed by atoms with Crippen molar-refractivity contribution < 1.29 is 23.8 Å². The Hall–Kier alpha value is -2.65. The highest BCUT2D eigenvalue weighted by molar-refractivity contribution is 6.13. The molecular weight excluding hydrogens is 277 g/mol. The summed E-state index contributed by atoms with van der Waals surface area (Å²) < 4.78 is 17.9. The number of carbonyl (C=O) groups excluding carboxylic acids is 2. The van der Waals surface area contributed by atoms with Crippen molar-refractivity contribution in [3.8, 4) is 12.3 Å². The SMILES string of the molecule is C#CCN1C(=O)C(O)(C(=C)C(=O)OC)c2cc(F)ccc21. The van der Waals surface area contributed by atoms with Crippen LogP contribution in [0.4, 0.5) is 10.1 Å². The number of terminal acetylenes is 1. The lowest BCUT2D eigenvalue weighted by Crippen LogP contribution is -2.43. The van der Waals surface area contributed by atoms with Crippen LogP contribution in [0.15, 0.2) is 30.4 Å². The van der Waals surface area contributed by atoms with E-state index in [0.717, 1.165) is 24.1 Å². The molecule has 0 bridgehead atoms. The van der Waals surface area contributed by atoms with Crippen LogP contribution in [0.1, 0.15) is 5.56 Å². The molecule has 1 N–H and O–H groups in total. The van der Waals surface area contributed by atoms with Crippen LogP contribution in [0.3, 0.4) is 0 Å². The molecule has 108 valence electrons. The molecule has 1 atom stereocenters. The van der Waals surface area contributed by atoms with Gasteiger partial charge in [-0.05, 0) is 18.2 Å². The van der Waals surface area contributed by atoms with Crippen LogP contribution >= 0.6 is 0 Å². The number of rotatable bonds is 3. The molecule has 2 rings (SSSR count). The zero-order valence-corrected chi connectivity index (χ0v) is 11.2. The minimum atomic E-state index is -2.39. The van der Waals surface area contributed by atoms with E-state index in [4.69, 9.17) is 6.42 Å². The van der Waals surface area contributed by atoms with Gasteiger partial charge in [0.25, 0.3) is 5.91 Å². The van der Waals surface area contributed by atoms with E-state index in [9.17, 15) is 19.1 Å². The predicted octanol–water partition coefficient (Wildman–Crippen LogP) is 0.722. The summed E-state index contributed by atoms with van der Waals surface area (Å²) in [4.78, 5) is 25.1. The third kappa shape index (κ3) is 1.99. The van der Waals surface area contributed by atoms with Gasteiger partial charge in [-0.2, -0.15) is 0 Å². The van der Waals surface area contributed by atoms with E-state index in [1.165, 1.54) is 6.07 Å². The fraction of sp³-hybridized carbons (Fsp3) is 0.200. The van der Waals surface area contributed by atoms with Crippen molar-refractivity contribution in [3.05, 3.63) is 41.7 Å².